The number of hydrogen-bond donors (Lipinski definition) is 0. The zero-order chi connectivity index (χ0) is 11.0. The fraction of sp³-hybridized carbons (Fsp3) is 0.400. The van der Waals surface area contributed by atoms with E-state index in [1.54, 1.807) is 23.5 Å². The fourth-order valence-corrected chi connectivity index (χ4v) is 1.82. The molecular formula is C10H12N6. The minimum Gasteiger partial charge on any atom is -0.352 e. The van der Waals surface area contributed by atoms with Gasteiger partial charge in [0, 0.05) is 24.8 Å². The minimum atomic E-state index is 0.366. The SMILES string of the molecule is Cc1cc(N2CC(n3nccn3)C2)ncn1. The Balaban J connectivity index is 1.69. The molecule has 0 atom stereocenters. The molecule has 82 valence electrons. The van der Waals surface area contributed by atoms with Crippen molar-refractivity contribution in [1.29, 1.82) is 0 Å². The maximum Gasteiger partial charge on any atom is 0.132 e. The Kier molecular flexibility index (Phi) is 2.05. The van der Waals surface area contributed by atoms with E-state index < -0.39 is 0 Å². The first-order chi connectivity index (χ1) is 7.83. The molecule has 16 heavy (non-hydrogen) atoms. The number of anilines is 1. The second-order valence-corrected chi connectivity index (χ2v) is 3.93. The third-order valence-corrected chi connectivity index (χ3v) is 2.74. The lowest BCUT2D eigenvalue weighted by Gasteiger charge is -2.39. The number of hydrogen-bond acceptors (Lipinski definition) is 5. The van der Waals surface area contributed by atoms with Gasteiger partial charge in [-0.2, -0.15) is 15.0 Å². The van der Waals surface area contributed by atoms with Crippen LogP contribution in [0.25, 0.3) is 0 Å². The molecule has 0 N–H and O–H groups in total. The number of aryl methyl sites for hydroxylation is 1. The van der Waals surface area contributed by atoms with Gasteiger partial charge in [0.2, 0.25) is 0 Å². The Morgan fingerprint density at radius 3 is 2.62 bits per heavy atom. The van der Waals surface area contributed by atoms with Crippen LogP contribution in [0.4, 0.5) is 5.82 Å². The molecule has 0 saturated carbocycles. The molecule has 0 radical (unpaired) electrons. The summed E-state index contributed by atoms with van der Waals surface area (Å²) in [6.45, 7) is 3.79. The Labute approximate surface area is 92.9 Å². The fourth-order valence-electron chi connectivity index (χ4n) is 1.82. The predicted molar refractivity (Wildman–Crippen MR) is 58.0 cm³/mol. The van der Waals surface area contributed by atoms with Crippen molar-refractivity contribution in [2.75, 3.05) is 18.0 Å². The van der Waals surface area contributed by atoms with E-state index in [-0.39, 0.29) is 0 Å². The van der Waals surface area contributed by atoms with Gasteiger partial charge >= 0.3 is 0 Å². The Bertz CT molecular complexity index is 474. The van der Waals surface area contributed by atoms with Gasteiger partial charge in [-0.3, -0.25) is 0 Å². The van der Waals surface area contributed by atoms with E-state index in [2.05, 4.69) is 25.1 Å². The Morgan fingerprint density at radius 1 is 1.19 bits per heavy atom. The highest BCUT2D eigenvalue weighted by molar-refractivity contribution is 5.42. The maximum absolute atomic E-state index is 4.24. The Morgan fingerprint density at radius 2 is 1.94 bits per heavy atom. The van der Waals surface area contributed by atoms with Crippen molar-refractivity contribution in [1.82, 2.24) is 25.0 Å². The standard InChI is InChI=1S/C10H12N6/c1-8-4-10(12-7-11-8)15-5-9(6-15)16-13-2-3-14-16/h2-4,7,9H,5-6H2,1H3. The van der Waals surface area contributed by atoms with E-state index in [9.17, 15) is 0 Å². The molecule has 1 aliphatic heterocycles. The average molecular weight is 216 g/mol. The van der Waals surface area contributed by atoms with Crippen molar-refractivity contribution >= 4 is 5.82 Å². The molecule has 0 spiro atoms. The molecule has 2 aromatic heterocycles. The zero-order valence-electron chi connectivity index (χ0n) is 8.98. The topological polar surface area (TPSA) is 59.7 Å². The molecule has 0 unspecified atom stereocenters. The molecule has 0 aliphatic carbocycles. The number of aromatic nitrogens is 5. The van der Waals surface area contributed by atoms with Crippen LogP contribution in [-0.4, -0.2) is 38.1 Å². The van der Waals surface area contributed by atoms with E-state index in [0.717, 1.165) is 24.6 Å². The molecule has 1 saturated heterocycles. The van der Waals surface area contributed by atoms with E-state index in [1.165, 1.54) is 0 Å². The van der Waals surface area contributed by atoms with Crippen LogP contribution >= 0.6 is 0 Å². The van der Waals surface area contributed by atoms with Crippen LogP contribution in [0.1, 0.15) is 11.7 Å². The van der Waals surface area contributed by atoms with Gasteiger partial charge in [0.25, 0.3) is 0 Å². The van der Waals surface area contributed by atoms with Crippen molar-refractivity contribution in [3.63, 3.8) is 0 Å². The number of rotatable bonds is 2. The zero-order valence-corrected chi connectivity index (χ0v) is 8.98. The van der Waals surface area contributed by atoms with Gasteiger partial charge in [-0.05, 0) is 6.92 Å². The van der Waals surface area contributed by atoms with Crippen LogP contribution in [0, 0.1) is 6.92 Å². The van der Waals surface area contributed by atoms with Crippen molar-refractivity contribution in [3.8, 4) is 0 Å². The molecule has 3 rings (SSSR count). The third kappa shape index (κ3) is 1.52. The van der Waals surface area contributed by atoms with Crippen LogP contribution in [0.5, 0.6) is 0 Å². The summed E-state index contributed by atoms with van der Waals surface area (Å²) in [6.07, 6.45) is 5.01. The molecule has 3 heterocycles. The molecular weight excluding hydrogens is 204 g/mol. The van der Waals surface area contributed by atoms with E-state index in [1.807, 2.05) is 13.0 Å². The number of nitrogens with zero attached hydrogens (tertiary/aromatic N) is 6. The van der Waals surface area contributed by atoms with Gasteiger partial charge in [-0.15, -0.1) is 0 Å². The van der Waals surface area contributed by atoms with E-state index in [4.69, 9.17) is 0 Å². The highest BCUT2D eigenvalue weighted by Crippen LogP contribution is 2.24. The van der Waals surface area contributed by atoms with Crippen LogP contribution in [0.15, 0.2) is 24.8 Å². The monoisotopic (exact) mass is 216 g/mol. The highest BCUT2D eigenvalue weighted by Gasteiger charge is 2.30. The minimum absolute atomic E-state index is 0.366. The quantitative estimate of drug-likeness (QED) is 0.729. The highest BCUT2D eigenvalue weighted by atomic mass is 15.5. The summed E-state index contributed by atoms with van der Waals surface area (Å²) >= 11 is 0. The predicted octanol–water partition coefficient (Wildman–Crippen LogP) is 0.438. The van der Waals surface area contributed by atoms with Gasteiger partial charge in [-0.25, -0.2) is 9.97 Å². The summed E-state index contributed by atoms with van der Waals surface area (Å²) in [6, 6.07) is 2.36. The summed E-state index contributed by atoms with van der Waals surface area (Å²) < 4.78 is 0. The van der Waals surface area contributed by atoms with Gasteiger partial charge in [-0.1, -0.05) is 0 Å². The summed E-state index contributed by atoms with van der Waals surface area (Å²) in [7, 11) is 0. The second-order valence-electron chi connectivity index (χ2n) is 3.93. The van der Waals surface area contributed by atoms with Crippen molar-refractivity contribution < 1.29 is 0 Å². The van der Waals surface area contributed by atoms with E-state index in [0.29, 0.717) is 6.04 Å². The molecule has 2 aromatic rings. The first-order valence-electron chi connectivity index (χ1n) is 5.22. The summed E-state index contributed by atoms with van der Waals surface area (Å²) in [5.74, 6) is 0.982. The molecule has 0 amide bonds. The first-order valence-corrected chi connectivity index (χ1v) is 5.22. The maximum atomic E-state index is 4.24. The molecule has 0 bridgehead atoms. The first kappa shape index (κ1) is 9.26. The van der Waals surface area contributed by atoms with Gasteiger partial charge in [0.15, 0.2) is 0 Å². The normalized spacial score (nSPS) is 16.2. The van der Waals surface area contributed by atoms with Crippen LogP contribution in [0.2, 0.25) is 0 Å². The molecule has 6 nitrogen and oxygen atoms in total. The van der Waals surface area contributed by atoms with Gasteiger partial charge in [0.1, 0.15) is 18.2 Å². The van der Waals surface area contributed by atoms with E-state index >= 15 is 0 Å². The molecule has 1 fully saturated rings. The third-order valence-electron chi connectivity index (χ3n) is 2.74. The summed E-state index contributed by atoms with van der Waals surface area (Å²) in [5, 5.41) is 8.26. The van der Waals surface area contributed by atoms with Crippen molar-refractivity contribution in [3.05, 3.63) is 30.5 Å². The van der Waals surface area contributed by atoms with Gasteiger partial charge in [0.05, 0.1) is 12.4 Å². The van der Waals surface area contributed by atoms with Crippen LogP contribution in [0.3, 0.4) is 0 Å². The summed E-state index contributed by atoms with van der Waals surface area (Å²) in [4.78, 5) is 12.3. The second kappa shape index (κ2) is 3.55. The van der Waals surface area contributed by atoms with Crippen LogP contribution < -0.4 is 4.90 Å². The molecule has 6 heteroatoms. The average Bonchev–Trinajstić information content (AvgIpc) is 2.69. The molecule has 1 aliphatic rings. The Hall–Kier alpha value is -1.98. The lowest BCUT2D eigenvalue weighted by Crippen LogP contribution is -2.48. The van der Waals surface area contributed by atoms with Crippen LogP contribution in [-0.2, 0) is 0 Å². The lowest BCUT2D eigenvalue weighted by molar-refractivity contribution is 0.331. The summed E-state index contributed by atoms with van der Waals surface area (Å²) in [5.41, 5.74) is 0.991. The lowest BCUT2D eigenvalue weighted by atomic mass is 10.1. The molecule has 0 aromatic carbocycles. The van der Waals surface area contributed by atoms with Crippen molar-refractivity contribution in [2.45, 2.75) is 13.0 Å². The largest absolute Gasteiger partial charge is 0.352 e. The smallest absolute Gasteiger partial charge is 0.132 e. The van der Waals surface area contributed by atoms with Gasteiger partial charge < -0.3 is 4.90 Å². The van der Waals surface area contributed by atoms with Crippen molar-refractivity contribution in [2.24, 2.45) is 0 Å².